The van der Waals surface area contributed by atoms with Gasteiger partial charge in [0.1, 0.15) is 0 Å². The molecule has 6 heteroatoms. The van der Waals surface area contributed by atoms with Gasteiger partial charge in [-0.05, 0) is 60.9 Å². The predicted molar refractivity (Wildman–Crippen MR) is 112 cm³/mol. The van der Waals surface area contributed by atoms with E-state index < -0.39 is 4.92 Å². The number of benzene rings is 2. The summed E-state index contributed by atoms with van der Waals surface area (Å²) in [6, 6.07) is 10.6. The molecule has 0 saturated carbocycles. The fourth-order valence-electron chi connectivity index (χ4n) is 2.60. The van der Waals surface area contributed by atoms with Crippen molar-refractivity contribution < 1.29 is 4.92 Å². The highest BCUT2D eigenvalue weighted by molar-refractivity contribution is 7.99. The molecule has 5 nitrogen and oxygen atoms in total. The molecule has 0 radical (unpaired) electrons. The molecule has 0 aliphatic rings. The van der Waals surface area contributed by atoms with Gasteiger partial charge in [0.05, 0.1) is 16.1 Å². The summed E-state index contributed by atoms with van der Waals surface area (Å²) in [6.45, 7) is 7.88. The van der Waals surface area contributed by atoms with Crippen molar-refractivity contribution in [1.82, 2.24) is 9.97 Å². The van der Waals surface area contributed by atoms with E-state index in [1.165, 1.54) is 35.0 Å². The Morgan fingerprint density at radius 2 is 1.81 bits per heavy atom. The largest absolute Gasteiger partial charge is 0.269 e. The third kappa shape index (κ3) is 4.41. The number of nitro groups is 1. The van der Waals surface area contributed by atoms with Gasteiger partial charge in [-0.25, -0.2) is 9.97 Å². The van der Waals surface area contributed by atoms with Crippen LogP contribution >= 0.6 is 11.8 Å². The quantitative estimate of drug-likeness (QED) is 0.184. The molecule has 0 N–H and O–H groups in total. The first-order valence-electron chi connectivity index (χ1n) is 8.43. The number of fused-ring (bicyclic) bond motifs is 1. The van der Waals surface area contributed by atoms with Crippen LogP contribution in [-0.4, -0.2) is 20.6 Å². The molecule has 0 saturated heterocycles. The number of rotatable bonds is 6. The number of aromatic nitrogens is 2. The minimum absolute atomic E-state index is 0.0776. The first kappa shape index (κ1) is 18.8. The maximum Gasteiger partial charge on any atom is 0.269 e. The third-order valence-corrected chi connectivity index (χ3v) is 5.03. The fraction of sp³-hybridized carbons (Fsp3) is 0.143. The van der Waals surface area contributed by atoms with Gasteiger partial charge < -0.3 is 0 Å². The van der Waals surface area contributed by atoms with Crippen LogP contribution in [0, 0.1) is 24.0 Å². The van der Waals surface area contributed by atoms with Crippen LogP contribution in [-0.2, 0) is 0 Å². The van der Waals surface area contributed by atoms with Crippen LogP contribution in [0.3, 0.4) is 0 Å². The molecular formula is C21H19N3O2S. The second-order valence-electron chi connectivity index (χ2n) is 6.13. The first-order chi connectivity index (χ1) is 13.0. The summed E-state index contributed by atoms with van der Waals surface area (Å²) < 4.78 is 0. The number of nitrogens with zero attached hydrogens (tertiary/aromatic N) is 3. The number of hydrogen-bond acceptors (Lipinski definition) is 5. The van der Waals surface area contributed by atoms with Gasteiger partial charge in [0, 0.05) is 23.3 Å². The van der Waals surface area contributed by atoms with Crippen LogP contribution in [0.5, 0.6) is 0 Å². The van der Waals surface area contributed by atoms with E-state index in [9.17, 15) is 10.1 Å². The highest BCUT2D eigenvalue weighted by Gasteiger charge is 2.08. The molecule has 3 aromatic rings. The third-order valence-electron chi connectivity index (χ3n) is 4.19. The van der Waals surface area contributed by atoms with Crippen LogP contribution in [0.2, 0.25) is 0 Å². The van der Waals surface area contributed by atoms with E-state index in [-0.39, 0.29) is 5.69 Å². The smallest absolute Gasteiger partial charge is 0.258 e. The molecular weight excluding hydrogens is 358 g/mol. The van der Waals surface area contributed by atoms with E-state index in [1.54, 1.807) is 12.1 Å². The molecule has 0 amide bonds. The second-order valence-corrected chi connectivity index (χ2v) is 7.11. The Morgan fingerprint density at radius 3 is 2.48 bits per heavy atom. The topological polar surface area (TPSA) is 68.9 Å². The van der Waals surface area contributed by atoms with Gasteiger partial charge in [-0.3, -0.25) is 10.1 Å². The fourth-order valence-corrected chi connectivity index (χ4v) is 3.19. The van der Waals surface area contributed by atoms with E-state index in [1.807, 2.05) is 18.2 Å². The lowest BCUT2D eigenvalue weighted by Crippen LogP contribution is -1.95. The maximum absolute atomic E-state index is 10.8. The Morgan fingerprint density at radius 1 is 1.11 bits per heavy atom. The van der Waals surface area contributed by atoms with Crippen LogP contribution in [0.1, 0.15) is 22.4 Å². The van der Waals surface area contributed by atoms with E-state index in [4.69, 9.17) is 0 Å². The Balaban J connectivity index is 2.03. The van der Waals surface area contributed by atoms with Gasteiger partial charge in [-0.2, -0.15) is 0 Å². The minimum atomic E-state index is -0.403. The average Bonchev–Trinajstić information content (AvgIpc) is 2.66. The maximum atomic E-state index is 10.8. The van der Waals surface area contributed by atoms with E-state index in [0.717, 1.165) is 27.9 Å². The molecule has 0 unspecified atom stereocenters. The Bertz CT molecular complexity index is 1040. The first-order valence-corrected chi connectivity index (χ1v) is 9.41. The Kier molecular flexibility index (Phi) is 5.66. The number of hydrogen-bond donors (Lipinski definition) is 0. The van der Waals surface area contributed by atoms with Crippen LogP contribution in [0.25, 0.3) is 23.1 Å². The van der Waals surface area contributed by atoms with Crippen molar-refractivity contribution in [2.45, 2.75) is 19.0 Å². The summed E-state index contributed by atoms with van der Waals surface area (Å²) in [5.41, 5.74) is 5.05. The number of nitro benzene ring substituents is 1. The summed E-state index contributed by atoms with van der Waals surface area (Å²) in [5.74, 6) is 0.738. The van der Waals surface area contributed by atoms with Crippen molar-refractivity contribution in [2.24, 2.45) is 0 Å². The molecule has 0 bridgehead atoms. The normalized spacial score (nSPS) is 11.2. The highest BCUT2D eigenvalue weighted by Crippen LogP contribution is 2.25. The molecule has 27 heavy (non-hydrogen) atoms. The van der Waals surface area contributed by atoms with E-state index in [0.29, 0.717) is 5.16 Å². The van der Waals surface area contributed by atoms with Gasteiger partial charge in [0.25, 0.3) is 5.69 Å². The average molecular weight is 377 g/mol. The molecule has 0 aliphatic heterocycles. The molecule has 3 rings (SSSR count). The van der Waals surface area contributed by atoms with Gasteiger partial charge >= 0.3 is 0 Å². The summed E-state index contributed by atoms with van der Waals surface area (Å²) in [7, 11) is 0. The zero-order valence-corrected chi connectivity index (χ0v) is 16.0. The Hall–Kier alpha value is -2.99. The molecule has 0 spiro atoms. The molecule has 0 fully saturated rings. The molecule has 1 aromatic heterocycles. The SMILES string of the molecule is C=CCSc1nc(C=Cc2ccc([N+](=O)[O-])cc2)c2cc(C)c(C)cc2n1. The van der Waals surface area contributed by atoms with Gasteiger partial charge in [0.15, 0.2) is 5.16 Å². The predicted octanol–water partition coefficient (Wildman–Crippen LogP) is 5.60. The summed E-state index contributed by atoms with van der Waals surface area (Å²) in [6.07, 6.45) is 5.66. The zero-order chi connectivity index (χ0) is 19.4. The lowest BCUT2D eigenvalue weighted by atomic mass is 10.0. The van der Waals surface area contributed by atoms with E-state index in [2.05, 4.69) is 42.5 Å². The molecule has 136 valence electrons. The van der Waals surface area contributed by atoms with Crippen molar-refractivity contribution in [1.29, 1.82) is 0 Å². The molecule has 0 aliphatic carbocycles. The van der Waals surface area contributed by atoms with Gasteiger partial charge in [-0.15, -0.1) is 6.58 Å². The van der Waals surface area contributed by atoms with Crippen LogP contribution in [0.15, 0.2) is 54.2 Å². The summed E-state index contributed by atoms with van der Waals surface area (Å²) >= 11 is 1.54. The van der Waals surface area contributed by atoms with Crippen molar-refractivity contribution in [2.75, 3.05) is 5.75 Å². The van der Waals surface area contributed by atoms with Gasteiger partial charge in [-0.1, -0.05) is 23.9 Å². The zero-order valence-electron chi connectivity index (χ0n) is 15.2. The lowest BCUT2D eigenvalue weighted by Gasteiger charge is -2.08. The standard InChI is InChI=1S/C21H19N3O2S/c1-4-11-27-21-22-19(18-12-14(2)15(3)13-20(18)23-21)10-7-16-5-8-17(9-6-16)24(25)26/h4-10,12-13H,1,11H2,2-3H3. The van der Waals surface area contributed by atoms with Crippen molar-refractivity contribution in [3.05, 3.63) is 81.6 Å². The van der Waals surface area contributed by atoms with Crippen molar-refractivity contribution in [3.63, 3.8) is 0 Å². The van der Waals surface area contributed by atoms with Crippen LogP contribution in [0.4, 0.5) is 5.69 Å². The number of thioether (sulfide) groups is 1. The van der Waals surface area contributed by atoms with Gasteiger partial charge in [0.2, 0.25) is 0 Å². The summed E-state index contributed by atoms with van der Waals surface area (Å²) in [4.78, 5) is 19.7. The second kappa shape index (κ2) is 8.14. The van der Waals surface area contributed by atoms with Crippen molar-refractivity contribution in [3.8, 4) is 0 Å². The molecule has 2 aromatic carbocycles. The van der Waals surface area contributed by atoms with Crippen LogP contribution < -0.4 is 0 Å². The molecule has 1 heterocycles. The number of non-ortho nitro benzene ring substituents is 1. The lowest BCUT2D eigenvalue weighted by molar-refractivity contribution is -0.384. The highest BCUT2D eigenvalue weighted by atomic mass is 32.2. The monoisotopic (exact) mass is 377 g/mol. The molecule has 0 atom stereocenters. The van der Waals surface area contributed by atoms with E-state index >= 15 is 0 Å². The number of aryl methyl sites for hydroxylation is 2. The minimum Gasteiger partial charge on any atom is -0.258 e. The summed E-state index contributed by atoms with van der Waals surface area (Å²) in [5, 5.41) is 12.5. The Labute approximate surface area is 162 Å². The van der Waals surface area contributed by atoms with Crippen molar-refractivity contribution >= 4 is 40.5 Å².